The fourth-order valence-corrected chi connectivity index (χ4v) is 4.71. The minimum Gasteiger partial charge on any atom is -0.416 e. The van der Waals surface area contributed by atoms with Gasteiger partial charge in [0.15, 0.2) is 0 Å². The fraction of sp³-hybridized carbons (Fsp3) is 0.471. The van der Waals surface area contributed by atoms with Gasteiger partial charge in [-0.1, -0.05) is 25.6 Å². The largest absolute Gasteiger partial charge is 0.416 e. The third-order valence-electron chi connectivity index (χ3n) is 4.08. The van der Waals surface area contributed by atoms with Gasteiger partial charge in [-0.25, -0.2) is 8.42 Å². The summed E-state index contributed by atoms with van der Waals surface area (Å²) in [7, 11) is -3.45. The maximum Gasteiger partial charge on any atom is 0.277 e. The quantitative estimate of drug-likeness (QED) is 0.700. The summed E-state index contributed by atoms with van der Waals surface area (Å²) in [5.74, 6) is 0.552. The number of benzene rings is 1. The highest BCUT2D eigenvalue weighted by Gasteiger charge is 2.26. The average molecular weight is 411 g/mol. The molecule has 1 fully saturated rings. The second-order valence-electron chi connectivity index (χ2n) is 6.53. The van der Waals surface area contributed by atoms with Gasteiger partial charge in [-0.15, -0.1) is 10.2 Å². The highest BCUT2D eigenvalue weighted by molar-refractivity contribution is 7.99. The monoisotopic (exact) mass is 410 g/mol. The van der Waals surface area contributed by atoms with E-state index >= 15 is 0 Å². The molecule has 8 nitrogen and oxygen atoms in total. The van der Waals surface area contributed by atoms with Gasteiger partial charge in [0, 0.05) is 24.7 Å². The first kappa shape index (κ1) is 19.8. The molecule has 10 heteroatoms. The number of amides is 1. The van der Waals surface area contributed by atoms with Crippen LogP contribution >= 0.6 is 11.8 Å². The Hall–Kier alpha value is -1.91. The van der Waals surface area contributed by atoms with E-state index in [2.05, 4.69) is 15.5 Å². The molecule has 0 saturated carbocycles. The Morgan fingerprint density at radius 2 is 1.89 bits per heavy atom. The summed E-state index contributed by atoms with van der Waals surface area (Å²) in [5.41, 5.74) is 0.536. The Morgan fingerprint density at radius 1 is 1.22 bits per heavy atom. The number of thioether (sulfide) groups is 1. The van der Waals surface area contributed by atoms with E-state index in [4.69, 9.17) is 4.42 Å². The molecule has 1 aliphatic heterocycles. The van der Waals surface area contributed by atoms with Crippen molar-refractivity contribution in [3.63, 3.8) is 0 Å². The lowest BCUT2D eigenvalue weighted by Gasteiger charge is -2.15. The zero-order chi connectivity index (χ0) is 19.4. The van der Waals surface area contributed by atoms with Crippen molar-refractivity contribution in [1.29, 1.82) is 0 Å². The predicted molar refractivity (Wildman–Crippen MR) is 102 cm³/mol. The normalized spacial score (nSPS) is 15.4. The Bertz CT molecular complexity index is 888. The van der Waals surface area contributed by atoms with E-state index in [1.54, 1.807) is 12.1 Å². The number of hydrogen-bond donors (Lipinski definition) is 1. The van der Waals surface area contributed by atoms with Gasteiger partial charge in [0.2, 0.25) is 21.8 Å². The van der Waals surface area contributed by atoms with Crippen LogP contribution in [0.15, 0.2) is 38.8 Å². The highest BCUT2D eigenvalue weighted by atomic mass is 32.2. The number of carbonyl (C=O) groups is 1. The maximum absolute atomic E-state index is 12.5. The van der Waals surface area contributed by atoms with Crippen molar-refractivity contribution in [1.82, 2.24) is 14.5 Å². The van der Waals surface area contributed by atoms with Crippen LogP contribution in [0.25, 0.3) is 0 Å². The van der Waals surface area contributed by atoms with E-state index in [0.29, 0.717) is 29.9 Å². The Balaban J connectivity index is 1.55. The van der Waals surface area contributed by atoms with E-state index in [-0.39, 0.29) is 22.5 Å². The summed E-state index contributed by atoms with van der Waals surface area (Å²) in [6.07, 6.45) is 1.79. The molecule has 2 heterocycles. The first-order chi connectivity index (χ1) is 12.9. The Kier molecular flexibility index (Phi) is 6.18. The van der Waals surface area contributed by atoms with Gasteiger partial charge in [-0.2, -0.15) is 4.31 Å². The van der Waals surface area contributed by atoms with Crippen LogP contribution in [0, 0.1) is 0 Å². The van der Waals surface area contributed by atoms with E-state index < -0.39 is 10.0 Å². The molecule has 1 N–H and O–H groups in total. The molecular weight excluding hydrogens is 388 g/mol. The molecule has 0 bridgehead atoms. The number of aromatic nitrogens is 2. The predicted octanol–water partition coefficient (Wildman–Crippen LogP) is 2.71. The average Bonchev–Trinajstić information content (AvgIpc) is 3.32. The Labute approximate surface area is 162 Å². The van der Waals surface area contributed by atoms with Gasteiger partial charge in [-0.3, -0.25) is 4.79 Å². The van der Waals surface area contributed by atoms with Crippen molar-refractivity contribution in [3.05, 3.63) is 30.2 Å². The second kappa shape index (κ2) is 8.41. The number of nitrogens with zero attached hydrogens (tertiary/aromatic N) is 3. The minimum absolute atomic E-state index is 0.119. The van der Waals surface area contributed by atoms with Crippen molar-refractivity contribution in [2.75, 3.05) is 24.2 Å². The van der Waals surface area contributed by atoms with Crippen LogP contribution in [0.2, 0.25) is 0 Å². The zero-order valence-corrected chi connectivity index (χ0v) is 16.8. The molecule has 3 rings (SSSR count). The van der Waals surface area contributed by atoms with E-state index in [1.165, 1.54) is 16.4 Å². The summed E-state index contributed by atoms with van der Waals surface area (Å²) in [6.45, 7) is 5.02. The number of carbonyl (C=O) groups excluding carboxylic acids is 1. The molecule has 1 saturated heterocycles. The van der Waals surface area contributed by atoms with Crippen molar-refractivity contribution in [2.45, 2.75) is 42.7 Å². The highest BCUT2D eigenvalue weighted by Crippen LogP contribution is 2.23. The molecule has 27 heavy (non-hydrogen) atoms. The molecule has 1 amide bonds. The van der Waals surface area contributed by atoms with Crippen LogP contribution < -0.4 is 5.32 Å². The maximum atomic E-state index is 12.5. The first-order valence-corrected chi connectivity index (χ1v) is 11.1. The molecule has 0 atom stereocenters. The lowest BCUT2D eigenvalue weighted by Crippen LogP contribution is -2.27. The number of nitrogens with one attached hydrogen (secondary N) is 1. The van der Waals surface area contributed by atoms with Crippen LogP contribution in [0.5, 0.6) is 0 Å². The van der Waals surface area contributed by atoms with Gasteiger partial charge >= 0.3 is 0 Å². The van der Waals surface area contributed by atoms with Gasteiger partial charge < -0.3 is 9.73 Å². The third kappa shape index (κ3) is 4.88. The minimum atomic E-state index is -3.45. The molecule has 0 unspecified atom stereocenters. The summed E-state index contributed by atoms with van der Waals surface area (Å²) >= 11 is 1.16. The number of anilines is 1. The van der Waals surface area contributed by atoms with Crippen molar-refractivity contribution in [2.24, 2.45) is 0 Å². The molecule has 0 radical (unpaired) electrons. The van der Waals surface area contributed by atoms with Crippen molar-refractivity contribution in [3.8, 4) is 0 Å². The van der Waals surface area contributed by atoms with Crippen LogP contribution in [0.3, 0.4) is 0 Å². The molecule has 146 valence electrons. The molecule has 1 aliphatic rings. The number of rotatable bonds is 7. The molecule has 1 aromatic heterocycles. The van der Waals surface area contributed by atoms with Crippen LogP contribution in [-0.4, -0.2) is 47.7 Å². The molecule has 2 aromatic rings. The zero-order valence-electron chi connectivity index (χ0n) is 15.2. The first-order valence-electron chi connectivity index (χ1n) is 8.72. The van der Waals surface area contributed by atoms with Crippen molar-refractivity contribution < 1.29 is 17.6 Å². The summed E-state index contributed by atoms with van der Waals surface area (Å²) in [6, 6.07) is 6.22. The SMILES string of the molecule is CC(C)c1nnc(SCC(=O)Nc2ccc(S(=O)(=O)N3CCCC3)cc2)o1. The van der Waals surface area contributed by atoms with Crippen molar-refractivity contribution >= 4 is 33.4 Å². The molecular formula is C17H22N4O4S2. The number of hydrogen-bond acceptors (Lipinski definition) is 7. The smallest absolute Gasteiger partial charge is 0.277 e. The summed E-state index contributed by atoms with van der Waals surface area (Å²) in [5, 5.41) is 10.9. The van der Waals surface area contributed by atoms with E-state index in [9.17, 15) is 13.2 Å². The fourth-order valence-electron chi connectivity index (χ4n) is 2.62. The second-order valence-corrected chi connectivity index (χ2v) is 9.40. The lowest BCUT2D eigenvalue weighted by molar-refractivity contribution is -0.113. The van der Waals surface area contributed by atoms with Gasteiger partial charge in [-0.05, 0) is 37.1 Å². The molecule has 1 aromatic carbocycles. The topological polar surface area (TPSA) is 105 Å². The summed E-state index contributed by atoms with van der Waals surface area (Å²) < 4.78 is 31.9. The van der Waals surface area contributed by atoms with Crippen LogP contribution in [0.4, 0.5) is 5.69 Å². The van der Waals surface area contributed by atoms with Gasteiger partial charge in [0.25, 0.3) is 5.22 Å². The molecule has 0 aliphatic carbocycles. The number of sulfonamides is 1. The van der Waals surface area contributed by atoms with E-state index in [1.807, 2.05) is 13.8 Å². The third-order valence-corrected chi connectivity index (χ3v) is 6.81. The summed E-state index contributed by atoms with van der Waals surface area (Å²) in [4.78, 5) is 12.3. The lowest BCUT2D eigenvalue weighted by atomic mass is 10.2. The Morgan fingerprint density at radius 3 is 2.48 bits per heavy atom. The van der Waals surface area contributed by atoms with Gasteiger partial charge in [0.1, 0.15) is 0 Å². The molecule has 0 spiro atoms. The van der Waals surface area contributed by atoms with Crippen LogP contribution in [0.1, 0.15) is 38.5 Å². The van der Waals surface area contributed by atoms with Crippen LogP contribution in [-0.2, 0) is 14.8 Å². The standard InChI is InChI=1S/C17H22N4O4S2/c1-12(2)16-19-20-17(25-16)26-11-15(22)18-13-5-7-14(8-6-13)27(23,24)21-9-3-4-10-21/h5-8,12H,3-4,9-11H2,1-2H3,(H,18,22). The van der Waals surface area contributed by atoms with E-state index in [0.717, 1.165) is 24.6 Å². The van der Waals surface area contributed by atoms with Gasteiger partial charge in [0.05, 0.1) is 10.6 Å².